The lowest BCUT2D eigenvalue weighted by atomic mass is 9.92. The van der Waals surface area contributed by atoms with Crippen LogP contribution in [0.5, 0.6) is 0 Å². The maximum absolute atomic E-state index is 5.78. The summed E-state index contributed by atoms with van der Waals surface area (Å²) in [7, 11) is 2.00. The van der Waals surface area contributed by atoms with E-state index < -0.39 is 0 Å². The van der Waals surface area contributed by atoms with Crippen molar-refractivity contribution in [3.8, 4) is 0 Å². The molecular weight excluding hydrogens is 220 g/mol. The van der Waals surface area contributed by atoms with Gasteiger partial charge in [-0.3, -0.25) is 0 Å². The van der Waals surface area contributed by atoms with E-state index in [0.717, 1.165) is 0 Å². The Bertz CT molecular complexity index is 534. The van der Waals surface area contributed by atoms with Crippen LogP contribution in [-0.4, -0.2) is 13.6 Å². The minimum absolute atomic E-state index is 0.320. The molecule has 0 spiro atoms. The summed E-state index contributed by atoms with van der Waals surface area (Å²) in [5, 5.41) is 5.96. The molecule has 0 aliphatic carbocycles. The summed E-state index contributed by atoms with van der Waals surface area (Å²) in [5.74, 6) is 0.429. The third-order valence-corrected chi connectivity index (χ3v) is 3.63. The molecule has 0 heterocycles. The number of rotatable bonds is 4. The first-order valence-electron chi connectivity index (χ1n) is 6.53. The van der Waals surface area contributed by atoms with Gasteiger partial charge in [-0.25, -0.2) is 0 Å². The molecule has 2 unspecified atom stereocenters. The number of benzene rings is 2. The van der Waals surface area contributed by atoms with E-state index >= 15 is 0 Å². The summed E-state index contributed by atoms with van der Waals surface area (Å²) in [6.07, 6.45) is 0. The molecule has 2 heteroatoms. The van der Waals surface area contributed by atoms with Gasteiger partial charge in [0.05, 0.1) is 0 Å². The topological polar surface area (TPSA) is 38.0 Å². The zero-order valence-electron chi connectivity index (χ0n) is 11.4. The van der Waals surface area contributed by atoms with Gasteiger partial charge in [0, 0.05) is 6.04 Å². The van der Waals surface area contributed by atoms with Gasteiger partial charge >= 0.3 is 0 Å². The molecule has 96 valence electrons. The molecule has 2 nitrogen and oxygen atoms in total. The molecule has 2 atom stereocenters. The molecule has 0 radical (unpaired) electrons. The van der Waals surface area contributed by atoms with Crippen molar-refractivity contribution < 1.29 is 0 Å². The first-order chi connectivity index (χ1) is 8.65. The number of fused-ring (bicyclic) bond motifs is 1. The highest BCUT2D eigenvalue weighted by Gasteiger charge is 2.16. The van der Waals surface area contributed by atoms with Gasteiger partial charge in [0.1, 0.15) is 0 Å². The fourth-order valence-corrected chi connectivity index (χ4v) is 2.49. The highest BCUT2D eigenvalue weighted by Crippen LogP contribution is 2.25. The van der Waals surface area contributed by atoms with Gasteiger partial charge in [-0.1, -0.05) is 42.8 Å². The predicted octanol–water partition coefficient (Wildman–Crippen LogP) is 3.00. The standard InChI is InChI=1S/C16H22N2/c1-11-4-5-14-9-15(7-6-13(14)8-11)16(18-3)12(2)10-17/h4-9,12,16,18H,10,17H2,1-3H3. The van der Waals surface area contributed by atoms with Crippen molar-refractivity contribution in [3.05, 3.63) is 47.5 Å². The largest absolute Gasteiger partial charge is 0.330 e. The lowest BCUT2D eigenvalue weighted by Gasteiger charge is -2.23. The first-order valence-corrected chi connectivity index (χ1v) is 6.53. The summed E-state index contributed by atoms with van der Waals surface area (Å²) in [5.41, 5.74) is 8.39. The van der Waals surface area contributed by atoms with Crippen LogP contribution in [0.15, 0.2) is 36.4 Å². The quantitative estimate of drug-likeness (QED) is 0.865. The van der Waals surface area contributed by atoms with E-state index in [9.17, 15) is 0 Å². The van der Waals surface area contributed by atoms with E-state index in [1.807, 2.05) is 7.05 Å². The lowest BCUT2D eigenvalue weighted by molar-refractivity contribution is 0.420. The summed E-state index contributed by atoms with van der Waals surface area (Å²) in [4.78, 5) is 0. The van der Waals surface area contributed by atoms with Crippen molar-refractivity contribution in [3.63, 3.8) is 0 Å². The van der Waals surface area contributed by atoms with Crippen molar-refractivity contribution in [2.24, 2.45) is 11.7 Å². The zero-order valence-corrected chi connectivity index (χ0v) is 11.4. The van der Waals surface area contributed by atoms with Crippen molar-refractivity contribution in [2.45, 2.75) is 19.9 Å². The number of hydrogen-bond acceptors (Lipinski definition) is 2. The Labute approximate surface area is 109 Å². The van der Waals surface area contributed by atoms with Crippen molar-refractivity contribution >= 4 is 10.8 Å². The van der Waals surface area contributed by atoms with Gasteiger partial charge in [0.2, 0.25) is 0 Å². The molecular formula is C16H22N2. The van der Waals surface area contributed by atoms with E-state index in [1.54, 1.807) is 0 Å². The maximum Gasteiger partial charge on any atom is 0.0355 e. The van der Waals surface area contributed by atoms with E-state index in [4.69, 9.17) is 5.73 Å². The van der Waals surface area contributed by atoms with Gasteiger partial charge in [-0.2, -0.15) is 0 Å². The third kappa shape index (κ3) is 2.55. The smallest absolute Gasteiger partial charge is 0.0355 e. The lowest BCUT2D eigenvalue weighted by Crippen LogP contribution is -2.28. The van der Waals surface area contributed by atoms with Gasteiger partial charge in [-0.05, 0) is 48.8 Å². The Morgan fingerprint density at radius 1 is 1.11 bits per heavy atom. The Hall–Kier alpha value is -1.38. The maximum atomic E-state index is 5.78. The minimum atomic E-state index is 0.320. The number of hydrogen-bond donors (Lipinski definition) is 2. The van der Waals surface area contributed by atoms with Crippen LogP contribution in [0, 0.1) is 12.8 Å². The molecule has 0 aliphatic rings. The van der Waals surface area contributed by atoms with Crippen LogP contribution in [0.4, 0.5) is 0 Å². The van der Waals surface area contributed by atoms with Crippen LogP contribution < -0.4 is 11.1 Å². The molecule has 3 N–H and O–H groups in total. The molecule has 0 bridgehead atoms. The molecule has 0 aromatic heterocycles. The third-order valence-electron chi connectivity index (χ3n) is 3.63. The number of aryl methyl sites for hydroxylation is 1. The zero-order chi connectivity index (χ0) is 13.1. The highest BCUT2D eigenvalue weighted by molar-refractivity contribution is 5.83. The molecule has 0 saturated carbocycles. The Morgan fingerprint density at radius 3 is 2.44 bits per heavy atom. The van der Waals surface area contributed by atoms with Crippen LogP contribution >= 0.6 is 0 Å². The second-order valence-electron chi connectivity index (χ2n) is 5.09. The summed E-state index contributed by atoms with van der Waals surface area (Å²) < 4.78 is 0. The second-order valence-corrected chi connectivity index (χ2v) is 5.09. The number of nitrogens with one attached hydrogen (secondary N) is 1. The van der Waals surface area contributed by atoms with Crippen molar-refractivity contribution in [1.82, 2.24) is 5.32 Å². The molecule has 2 aromatic rings. The van der Waals surface area contributed by atoms with Gasteiger partial charge < -0.3 is 11.1 Å². The van der Waals surface area contributed by atoms with Gasteiger partial charge in [-0.15, -0.1) is 0 Å². The molecule has 2 rings (SSSR count). The fraction of sp³-hybridized carbons (Fsp3) is 0.375. The van der Waals surface area contributed by atoms with Crippen LogP contribution in [0.1, 0.15) is 24.1 Å². The monoisotopic (exact) mass is 242 g/mol. The summed E-state index contributed by atoms with van der Waals surface area (Å²) in [6.45, 7) is 5.00. The number of nitrogens with two attached hydrogens (primary N) is 1. The molecule has 0 amide bonds. The molecule has 18 heavy (non-hydrogen) atoms. The Morgan fingerprint density at radius 2 is 1.78 bits per heavy atom. The predicted molar refractivity (Wildman–Crippen MR) is 78.7 cm³/mol. The molecule has 0 saturated heterocycles. The van der Waals surface area contributed by atoms with E-state index in [0.29, 0.717) is 18.5 Å². The second kappa shape index (κ2) is 5.51. The van der Waals surface area contributed by atoms with Crippen LogP contribution in [0.2, 0.25) is 0 Å². The van der Waals surface area contributed by atoms with Crippen molar-refractivity contribution in [1.29, 1.82) is 0 Å². The summed E-state index contributed by atoms with van der Waals surface area (Å²) >= 11 is 0. The minimum Gasteiger partial charge on any atom is -0.330 e. The molecule has 2 aromatic carbocycles. The average molecular weight is 242 g/mol. The normalized spacial score (nSPS) is 14.7. The Kier molecular flexibility index (Phi) is 4.00. The van der Waals surface area contributed by atoms with Gasteiger partial charge in [0.15, 0.2) is 0 Å². The fourth-order valence-electron chi connectivity index (χ4n) is 2.49. The SMILES string of the molecule is CNC(c1ccc2cc(C)ccc2c1)C(C)CN. The van der Waals surface area contributed by atoms with Crippen molar-refractivity contribution in [2.75, 3.05) is 13.6 Å². The highest BCUT2D eigenvalue weighted by atomic mass is 14.9. The van der Waals surface area contributed by atoms with E-state index in [2.05, 4.69) is 55.6 Å². The first kappa shape index (κ1) is 13.1. The van der Waals surface area contributed by atoms with Gasteiger partial charge in [0.25, 0.3) is 0 Å². The molecule has 0 aliphatic heterocycles. The Balaban J connectivity index is 2.42. The van der Waals surface area contributed by atoms with Crippen LogP contribution in [-0.2, 0) is 0 Å². The van der Waals surface area contributed by atoms with Crippen LogP contribution in [0.25, 0.3) is 10.8 Å². The van der Waals surface area contributed by atoms with E-state index in [1.165, 1.54) is 21.9 Å². The summed E-state index contributed by atoms with van der Waals surface area (Å²) in [6, 6.07) is 13.6. The average Bonchev–Trinajstić information content (AvgIpc) is 2.39. The molecule has 0 fully saturated rings. The van der Waals surface area contributed by atoms with Crippen LogP contribution in [0.3, 0.4) is 0 Å². The van der Waals surface area contributed by atoms with E-state index in [-0.39, 0.29) is 0 Å².